The van der Waals surface area contributed by atoms with Gasteiger partial charge in [0, 0.05) is 37.8 Å². The predicted octanol–water partition coefficient (Wildman–Crippen LogP) is 0.850. The summed E-state index contributed by atoms with van der Waals surface area (Å²) in [5.74, 6) is -0.131. The number of hydrogen-bond acceptors (Lipinski definition) is 7. The first kappa shape index (κ1) is 23.7. The summed E-state index contributed by atoms with van der Waals surface area (Å²) in [6, 6.07) is 0.147. The minimum atomic E-state index is -0.530. The molecule has 4 rings (SSSR count). The van der Waals surface area contributed by atoms with Crippen LogP contribution in [0.15, 0.2) is 0 Å². The van der Waals surface area contributed by atoms with E-state index in [9.17, 15) is 14.7 Å². The van der Waals surface area contributed by atoms with Gasteiger partial charge in [-0.3, -0.25) is 14.6 Å². The molecule has 4 saturated heterocycles. The molecule has 0 radical (unpaired) electrons. The third-order valence-electron chi connectivity index (χ3n) is 7.67. The first-order valence-corrected chi connectivity index (χ1v) is 12.1. The van der Waals surface area contributed by atoms with Crippen molar-refractivity contribution in [2.75, 3.05) is 45.9 Å². The van der Waals surface area contributed by atoms with Gasteiger partial charge in [0.25, 0.3) is 0 Å². The lowest BCUT2D eigenvalue weighted by atomic mass is 9.91. The van der Waals surface area contributed by atoms with Crippen LogP contribution in [0.25, 0.3) is 0 Å². The van der Waals surface area contributed by atoms with Crippen molar-refractivity contribution in [2.45, 2.75) is 88.1 Å². The van der Waals surface area contributed by atoms with Crippen molar-refractivity contribution in [1.82, 2.24) is 20.4 Å². The predicted molar refractivity (Wildman–Crippen MR) is 119 cm³/mol. The topological polar surface area (TPSA) is 103 Å². The van der Waals surface area contributed by atoms with E-state index in [0.29, 0.717) is 13.0 Å². The normalized spacial score (nSPS) is 34.6. The summed E-state index contributed by atoms with van der Waals surface area (Å²) in [4.78, 5) is 29.6. The summed E-state index contributed by atoms with van der Waals surface area (Å²) in [5.41, 5.74) is -0.987. The molecule has 2 unspecified atom stereocenters. The molecule has 4 aliphatic rings. The third kappa shape index (κ3) is 4.76. The van der Waals surface area contributed by atoms with Gasteiger partial charge in [-0.1, -0.05) is 0 Å². The molecule has 2 bridgehead atoms. The lowest BCUT2D eigenvalue weighted by Crippen LogP contribution is -2.63. The average molecular weight is 453 g/mol. The van der Waals surface area contributed by atoms with Crippen LogP contribution < -0.4 is 10.6 Å². The Balaban J connectivity index is 1.24. The number of carbonyl (C=O) groups excluding carboxylic acids is 2. The molecule has 0 aliphatic carbocycles. The molecule has 0 saturated carbocycles. The van der Waals surface area contributed by atoms with Crippen LogP contribution in [0.5, 0.6) is 0 Å². The highest BCUT2D eigenvalue weighted by atomic mass is 16.6. The third-order valence-corrected chi connectivity index (χ3v) is 7.67. The second-order valence-electron chi connectivity index (χ2n) is 11.1. The van der Waals surface area contributed by atoms with Crippen LogP contribution in [-0.4, -0.2) is 102 Å². The zero-order valence-electron chi connectivity index (χ0n) is 19.8. The molecule has 0 aromatic heterocycles. The van der Waals surface area contributed by atoms with Crippen molar-refractivity contribution in [3.05, 3.63) is 0 Å². The number of hydrogen-bond donors (Lipinski definition) is 3. The number of ether oxygens (including phenoxy) is 2. The molecule has 4 atom stereocenters. The summed E-state index contributed by atoms with van der Waals surface area (Å²) < 4.78 is 11.6. The van der Waals surface area contributed by atoms with Gasteiger partial charge in [-0.2, -0.15) is 0 Å². The fraction of sp³-hybridized carbons (Fsp3) is 0.913. The van der Waals surface area contributed by atoms with E-state index in [2.05, 4.69) is 15.5 Å². The molecule has 0 aromatic rings. The van der Waals surface area contributed by atoms with Crippen LogP contribution in [0.2, 0.25) is 0 Å². The fourth-order valence-corrected chi connectivity index (χ4v) is 6.18. The molecule has 2 amide bonds. The van der Waals surface area contributed by atoms with Crippen molar-refractivity contribution in [3.63, 3.8) is 0 Å². The number of piperazine rings is 1. The Morgan fingerprint density at radius 3 is 2.78 bits per heavy atom. The van der Waals surface area contributed by atoms with Gasteiger partial charge in [-0.15, -0.1) is 0 Å². The smallest absolute Gasteiger partial charge is 0.411 e. The minimum absolute atomic E-state index is 0.00686. The van der Waals surface area contributed by atoms with E-state index < -0.39 is 5.60 Å². The van der Waals surface area contributed by atoms with Gasteiger partial charge in [0.2, 0.25) is 5.91 Å². The molecule has 9 nitrogen and oxygen atoms in total. The van der Waals surface area contributed by atoms with Crippen LogP contribution in [0, 0.1) is 0 Å². The Morgan fingerprint density at radius 2 is 2.06 bits per heavy atom. The van der Waals surface area contributed by atoms with Crippen LogP contribution in [0.4, 0.5) is 4.79 Å². The number of carbonyl (C=O) groups is 2. The quantitative estimate of drug-likeness (QED) is 0.526. The number of aliphatic hydroxyl groups excluding tert-OH is 1. The number of aliphatic hydroxyl groups is 1. The van der Waals surface area contributed by atoms with Gasteiger partial charge < -0.3 is 25.2 Å². The van der Waals surface area contributed by atoms with E-state index in [1.807, 2.05) is 25.7 Å². The summed E-state index contributed by atoms with van der Waals surface area (Å²) >= 11 is 0. The number of nitrogens with zero attached hydrogens (tertiary/aromatic N) is 2. The van der Waals surface area contributed by atoms with Gasteiger partial charge in [-0.05, 0) is 65.8 Å². The molecule has 3 N–H and O–H groups in total. The molecule has 32 heavy (non-hydrogen) atoms. The molecular weight excluding hydrogens is 412 g/mol. The van der Waals surface area contributed by atoms with Crippen LogP contribution in [-0.2, 0) is 14.3 Å². The van der Waals surface area contributed by atoms with Crippen molar-refractivity contribution < 1.29 is 24.2 Å². The maximum Gasteiger partial charge on any atom is 0.411 e. The molecule has 4 fully saturated rings. The Kier molecular flexibility index (Phi) is 6.73. The molecular formula is C23H40N4O5. The first-order valence-electron chi connectivity index (χ1n) is 12.1. The Labute approximate surface area is 191 Å². The molecule has 182 valence electrons. The monoisotopic (exact) mass is 452 g/mol. The lowest BCUT2D eigenvalue weighted by Gasteiger charge is -2.45. The zero-order valence-corrected chi connectivity index (χ0v) is 19.8. The standard InChI is InChI=1S/C23H40N4O5/c1-21(2,3)32-20(30)27-17-5-7-22(27,15-24-12-17)8-9-25-19(29)14-31-18-11-23(16-28)6-4-10-26(23)13-18/h17-18,24,28H,4-16H2,1-3H3,(H,25,29)/t17?,18-,22?,23-/m1/s1. The summed E-state index contributed by atoms with van der Waals surface area (Å²) in [7, 11) is 0. The largest absolute Gasteiger partial charge is 0.444 e. The van der Waals surface area contributed by atoms with Gasteiger partial charge in [0.15, 0.2) is 0 Å². The van der Waals surface area contributed by atoms with Gasteiger partial charge in [0.05, 0.1) is 18.2 Å². The highest BCUT2D eigenvalue weighted by Crippen LogP contribution is 2.40. The van der Waals surface area contributed by atoms with E-state index in [4.69, 9.17) is 9.47 Å². The van der Waals surface area contributed by atoms with E-state index in [1.54, 1.807) is 0 Å². The summed E-state index contributed by atoms with van der Waals surface area (Å²) in [6.07, 6.45) is 5.20. The molecule has 0 aromatic carbocycles. The van der Waals surface area contributed by atoms with Crippen molar-refractivity contribution >= 4 is 12.0 Å². The second kappa shape index (κ2) is 9.08. The maximum atomic E-state index is 12.9. The van der Waals surface area contributed by atoms with E-state index in [0.717, 1.165) is 58.3 Å². The Hall–Kier alpha value is -1.42. The average Bonchev–Trinajstić information content (AvgIpc) is 3.32. The minimum Gasteiger partial charge on any atom is -0.444 e. The molecule has 9 heteroatoms. The van der Waals surface area contributed by atoms with Crippen LogP contribution in [0.1, 0.15) is 59.3 Å². The van der Waals surface area contributed by atoms with Crippen LogP contribution in [0.3, 0.4) is 0 Å². The van der Waals surface area contributed by atoms with E-state index in [-0.39, 0.29) is 48.4 Å². The first-order chi connectivity index (χ1) is 15.2. The zero-order chi connectivity index (χ0) is 23.0. The second-order valence-corrected chi connectivity index (χ2v) is 11.1. The van der Waals surface area contributed by atoms with E-state index >= 15 is 0 Å². The molecule has 0 spiro atoms. The summed E-state index contributed by atoms with van der Waals surface area (Å²) in [5, 5.41) is 16.2. The maximum absolute atomic E-state index is 12.9. The van der Waals surface area contributed by atoms with Crippen molar-refractivity contribution in [2.24, 2.45) is 0 Å². The van der Waals surface area contributed by atoms with E-state index in [1.165, 1.54) is 0 Å². The number of rotatable bonds is 7. The fourth-order valence-electron chi connectivity index (χ4n) is 6.18. The van der Waals surface area contributed by atoms with Gasteiger partial charge in [-0.25, -0.2) is 4.79 Å². The number of amides is 2. The Morgan fingerprint density at radius 1 is 1.25 bits per heavy atom. The van der Waals surface area contributed by atoms with Crippen LogP contribution >= 0.6 is 0 Å². The molecule has 4 heterocycles. The molecule has 4 aliphatic heterocycles. The van der Waals surface area contributed by atoms with Crippen molar-refractivity contribution in [1.29, 1.82) is 0 Å². The summed E-state index contributed by atoms with van der Waals surface area (Å²) in [6.45, 7) is 9.63. The number of fused-ring (bicyclic) bond motifs is 3. The van der Waals surface area contributed by atoms with Gasteiger partial charge in [0.1, 0.15) is 12.2 Å². The van der Waals surface area contributed by atoms with Crippen molar-refractivity contribution in [3.8, 4) is 0 Å². The van der Waals surface area contributed by atoms with Gasteiger partial charge >= 0.3 is 6.09 Å². The number of nitrogens with one attached hydrogen (secondary N) is 2. The SMILES string of the molecule is CC(C)(C)OC(=O)N1C2CCC1(CCNC(=O)CO[C@H]1CN3CCC[C@]3(CO)C1)CNC2. The lowest BCUT2D eigenvalue weighted by molar-refractivity contribution is -0.127. The highest BCUT2D eigenvalue weighted by molar-refractivity contribution is 5.77. The Bertz CT molecular complexity index is 709. The highest BCUT2D eigenvalue weighted by Gasteiger charge is 2.52.